The molecule has 0 spiro atoms. The molecule has 0 saturated carbocycles. The number of ether oxygens (including phenoxy) is 2. The predicted octanol–water partition coefficient (Wildman–Crippen LogP) is 1.13. The number of likely N-dealkylation sites (tertiary alicyclic amines) is 1. The molecular formula is C10H21NO2. The van der Waals surface area contributed by atoms with E-state index in [1.807, 2.05) is 0 Å². The molecule has 0 bridgehead atoms. The Morgan fingerprint density at radius 2 is 2.23 bits per heavy atom. The van der Waals surface area contributed by atoms with Gasteiger partial charge in [-0.15, -0.1) is 0 Å². The van der Waals surface area contributed by atoms with Gasteiger partial charge in [0, 0.05) is 33.4 Å². The summed E-state index contributed by atoms with van der Waals surface area (Å²) >= 11 is 0. The third kappa shape index (κ3) is 4.07. The first kappa shape index (κ1) is 11.0. The fourth-order valence-corrected chi connectivity index (χ4v) is 1.63. The van der Waals surface area contributed by atoms with E-state index in [0.717, 1.165) is 39.3 Å². The van der Waals surface area contributed by atoms with Crippen LogP contribution in [0.5, 0.6) is 0 Å². The first-order chi connectivity index (χ1) is 6.36. The molecule has 13 heavy (non-hydrogen) atoms. The normalized spacial score (nSPS) is 24.0. The van der Waals surface area contributed by atoms with E-state index in [0.29, 0.717) is 6.10 Å². The summed E-state index contributed by atoms with van der Waals surface area (Å²) in [5.41, 5.74) is 0. The lowest BCUT2D eigenvalue weighted by Gasteiger charge is -2.15. The van der Waals surface area contributed by atoms with Crippen molar-refractivity contribution in [2.45, 2.75) is 25.9 Å². The summed E-state index contributed by atoms with van der Waals surface area (Å²) in [6.45, 7) is 7.18. The lowest BCUT2D eigenvalue weighted by Crippen LogP contribution is -2.26. The van der Waals surface area contributed by atoms with Crippen molar-refractivity contribution < 1.29 is 9.47 Å². The van der Waals surface area contributed by atoms with Gasteiger partial charge in [-0.05, 0) is 12.8 Å². The van der Waals surface area contributed by atoms with Crippen LogP contribution in [0.15, 0.2) is 0 Å². The van der Waals surface area contributed by atoms with E-state index in [2.05, 4.69) is 11.8 Å². The van der Waals surface area contributed by atoms with Crippen molar-refractivity contribution in [3.8, 4) is 0 Å². The standard InChI is InChI=1S/C10H21NO2/c1-3-7-13-8-6-11-5-4-10(9-11)12-2/h10H,3-9H2,1-2H3. The highest BCUT2D eigenvalue weighted by Crippen LogP contribution is 2.10. The summed E-state index contributed by atoms with van der Waals surface area (Å²) < 4.78 is 10.7. The van der Waals surface area contributed by atoms with Gasteiger partial charge in [0.05, 0.1) is 12.7 Å². The average Bonchev–Trinajstić information content (AvgIpc) is 2.60. The maximum atomic E-state index is 5.43. The molecule has 1 aliphatic heterocycles. The topological polar surface area (TPSA) is 21.7 Å². The Hall–Kier alpha value is -0.120. The van der Waals surface area contributed by atoms with Gasteiger partial charge in [0.2, 0.25) is 0 Å². The molecule has 3 nitrogen and oxygen atoms in total. The SMILES string of the molecule is CCCOCCN1CCC(OC)C1. The molecule has 0 aromatic rings. The molecule has 1 heterocycles. The van der Waals surface area contributed by atoms with Crippen LogP contribution in [0.3, 0.4) is 0 Å². The smallest absolute Gasteiger partial charge is 0.0710 e. The molecule has 0 N–H and O–H groups in total. The first-order valence-electron chi connectivity index (χ1n) is 5.19. The van der Waals surface area contributed by atoms with Crippen LogP contribution in [0.4, 0.5) is 0 Å². The van der Waals surface area contributed by atoms with Crippen LogP contribution in [0.1, 0.15) is 19.8 Å². The number of nitrogens with zero attached hydrogens (tertiary/aromatic N) is 1. The van der Waals surface area contributed by atoms with Gasteiger partial charge in [-0.1, -0.05) is 6.92 Å². The van der Waals surface area contributed by atoms with Crippen LogP contribution < -0.4 is 0 Å². The van der Waals surface area contributed by atoms with Crippen molar-refractivity contribution in [2.75, 3.05) is 40.0 Å². The second-order valence-electron chi connectivity index (χ2n) is 3.56. The maximum Gasteiger partial charge on any atom is 0.0710 e. The van der Waals surface area contributed by atoms with E-state index in [-0.39, 0.29) is 0 Å². The van der Waals surface area contributed by atoms with Gasteiger partial charge >= 0.3 is 0 Å². The van der Waals surface area contributed by atoms with E-state index < -0.39 is 0 Å². The summed E-state index contributed by atoms with van der Waals surface area (Å²) in [5, 5.41) is 0. The zero-order valence-corrected chi connectivity index (χ0v) is 8.79. The van der Waals surface area contributed by atoms with Crippen LogP contribution >= 0.6 is 0 Å². The van der Waals surface area contributed by atoms with Crippen LogP contribution in [0.25, 0.3) is 0 Å². The maximum absolute atomic E-state index is 5.43. The minimum Gasteiger partial charge on any atom is -0.380 e. The van der Waals surface area contributed by atoms with Crippen molar-refractivity contribution in [3.63, 3.8) is 0 Å². The van der Waals surface area contributed by atoms with Crippen molar-refractivity contribution in [3.05, 3.63) is 0 Å². The first-order valence-corrected chi connectivity index (χ1v) is 5.19. The monoisotopic (exact) mass is 187 g/mol. The van der Waals surface area contributed by atoms with E-state index >= 15 is 0 Å². The fourth-order valence-electron chi connectivity index (χ4n) is 1.63. The number of hydrogen-bond donors (Lipinski definition) is 0. The molecule has 3 heteroatoms. The summed E-state index contributed by atoms with van der Waals surface area (Å²) in [4.78, 5) is 2.41. The summed E-state index contributed by atoms with van der Waals surface area (Å²) in [5.74, 6) is 0. The molecule has 0 aromatic carbocycles. The molecule has 0 aromatic heterocycles. The summed E-state index contributed by atoms with van der Waals surface area (Å²) in [7, 11) is 1.79. The largest absolute Gasteiger partial charge is 0.380 e. The Labute approximate surface area is 81.0 Å². The Morgan fingerprint density at radius 3 is 2.85 bits per heavy atom. The molecule has 1 atom stereocenters. The molecule has 1 aliphatic rings. The molecule has 78 valence electrons. The average molecular weight is 187 g/mol. The van der Waals surface area contributed by atoms with Crippen molar-refractivity contribution in [1.29, 1.82) is 0 Å². The van der Waals surface area contributed by atoms with E-state index in [4.69, 9.17) is 9.47 Å². The molecule has 1 rings (SSSR count). The zero-order valence-electron chi connectivity index (χ0n) is 8.79. The molecule has 1 fully saturated rings. The molecular weight excluding hydrogens is 166 g/mol. The zero-order chi connectivity index (χ0) is 9.52. The van der Waals surface area contributed by atoms with Crippen LogP contribution in [-0.4, -0.2) is 51.0 Å². The highest BCUT2D eigenvalue weighted by atomic mass is 16.5. The Kier molecular flexibility index (Phi) is 5.35. The Balaban J connectivity index is 1.97. The molecule has 0 aliphatic carbocycles. The van der Waals surface area contributed by atoms with Gasteiger partial charge in [-0.25, -0.2) is 0 Å². The number of methoxy groups -OCH3 is 1. The third-order valence-corrected chi connectivity index (χ3v) is 2.46. The van der Waals surface area contributed by atoms with Gasteiger partial charge in [-0.2, -0.15) is 0 Å². The van der Waals surface area contributed by atoms with Crippen LogP contribution in [-0.2, 0) is 9.47 Å². The summed E-state index contributed by atoms with van der Waals surface area (Å²) in [6.07, 6.45) is 2.73. The molecule has 0 radical (unpaired) electrons. The van der Waals surface area contributed by atoms with Crippen LogP contribution in [0.2, 0.25) is 0 Å². The second-order valence-corrected chi connectivity index (χ2v) is 3.56. The summed E-state index contributed by atoms with van der Waals surface area (Å²) in [6, 6.07) is 0. The number of hydrogen-bond acceptors (Lipinski definition) is 3. The highest BCUT2D eigenvalue weighted by Gasteiger charge is 2.20. The minimum absolute atomic E-state index is 0.450. The minimum atomic E-state index is 0.450. The van der Waals surface area contributed by atoms with Gasteiger partial charge in [0.25, 0.3) is 0 Å². The van der Waals surface area contributed by atoms with E-state index in [1.54, 1.807) is 7.11 Å². The van der Waals surface area contributed by atoms with E-state index in [9.17, 15) is 0 Å². The van der Waals surface area contributed by atoms with Gasteiger partial charge in [-0.3, -0.25) is 4.90 Å². The van der Waals surface area contributed by atoms with Crippen molar-refractivity contribution in [1.82, 2.24) is 4.90 Å². The molecule has 0 amide bonds. The predicted molar refractivity (Wildman–Crippen MR) is 53.0 cm³/mol. The Bertz CT molecular complexity index is 130. The van der Waals surface area contributed by atoms with E-state index in [1.165, 1.54) is 6.42 Å². The quantitative estimate of drug-likeness (QED) is 0.582. The molecule has 1 unspecified atom stereocenters. The van der Waals surface area contributed by atoms with Gasteiger partial charge in [0.15, 0.2) is 0 Å². The third-order valence-electron chi connectivity index (χ3n) is 2.46. The second kappa shape index (κ2) is 6.35. The lowest BCUT2D eigenvalue weighted by molar-refractivity contribution is 0.0893. The van der Waals surface area contributed by atoms with Crippen LogP contribution in [0, 0.1) is 0 Å². The highest BCUT2D eigenvalue weighted by molar-refractivity contribution is 4.75. The molecule has 1 saturated heterocycles. The van der Waals surface area contributed by atoms with Crippen molar-refractivity contribution >= 4 is 0 Å². The van der Waals surface area contributed by atoms with Gasteiger partial charge < -0.3 is 9.47 Å². The fraction of sp³-hybridized carbons (Fsp3) is 1.00. The number of rotatable bonds is 6. The van der Waals surface area contributed by atoms with Crippen molar-refractivity contribution in [2.24, 2.45) is 0 Å². The lowest BCUT2D eigenvalue weighted by atomic mass is 10.3. The van der Waals surface area contributed by atoms with Gasteiger partial charge in [0.1, 0.15) is 0 Å². The Morgan fingerprint density at radius 1 is 1.38 bits per heavy atom.